The van der Waals surface area contributed by atoms with Gasteiger partial charge in [0.15, 0.2) is 0 Å². The first kappa shape index (κ1) is 17.5. The molecule has 0 saturated heterocycles. The van der Waals surface area contributed by atoms with Gasteiger partial charge in [-0.2, -0.15) is 0 Å². The van der Waals surface area contributed by atoms with E-state index in [0.717, 1.165) is 11.1 Å². The number of rotatable bonds is 6. The van der Waals surface area contributed by atoms with Gasteiger partial charge in [0.2, 0.25) is 5.95 Å². The predicted octanol–water partition coefficient (Wildman–Crippen LogP) is 2.86. The number of aryl methyl sites for hydroxylation is 1. The number of carbonyl (C=O) groups is 1. The van der Waals surface area contributed by atoms with Gasteiger partial charge in [-0.25, -0.2) is 14.4 Å². The molecular formula is C19H18FN5O. The van der Waals surface area contributed by atoms with E-state index in [2.05, 4.69) is 25.6 Å². The third kappa shape index (κ3) is 4.83. The Hall–Kier alpha value is -3.35. The predicted molar refractivity (Wildman–Crippen MR) is 95.9 cm³/mol. The fraction of sp³-hybridized carbons (Fsp3) is 0.158. The fourth-order valence-corrected chi connectivity index (χ4v) is 2.32. The Morgan fingerprint density at radius 3 is 2.42 bits per heavy atom. The van der Waals surface area contributed by atoms with Crippen molar-refractivity contribution in [3.05, 3.63) is 83.2 Å². The standard InChI is InChI=1S/C19H18FN5O/c1-13-10-17(18(26)22-11-15-6-8-21-9-7-15)25-19(24-13)23-12-14-2-4-16(20)5-3-14/h2-10H,11-12H2,1H3,(H,22,26)(H,23,24,25). The van der Waals surface area contributed by atoms with Crippen LogP contribution in [0.2, 0.25) is 0 Å². The highest BCUT2D eigenvalue weighted by atomic mass is 19.1. The molecule has 0 radical (unpaired) electrons. The van der Waals surface area contributed by atoms with Crippen molar-refractivity contribution < 1.29 is 9.18 Å². The van der Waals surface area contributed by atoms with E-state index in [4.69, 9.17) is 0 Å². The van der Waals surface area contributed by atoms with Crippen LogP contribution < -0.4 is 10.6 Å². The quantitative estimate of drug-likeness (QED) is 0.714. The van der Waals surface area contributed by atoms with E-state index in [0.29, 0.717) is 24.7 Å². The number of nitrogens with zero attached hydrogens (tertiary/aromatic N) is 3. The minimum absolute atomic E-state index is 0.280. The maximum atomic E-state index is 12.9. The van der Waals surface area contributed by atoms with Crippen LogP contribution in [0, 0.1) is 12.7 Å². The lowest BCUT2D eigenvalue weighted by Crippen LogP contribution is -2.24. The molecule has 0 atom stereocenters. The van der Waals surface area contributed by atoms with E-state index in [1.165, 1.54) is 12.1 Å². The topological polar surface area (TPSA) is 79.8 Å². The van der Waals surface area contributed by atoms with Gasteiger partial charge in [-0.15, -0.1) is 0 Å². The average molecular weight is 351 g/mol. The summed E-state index contributed by atoms with van der Waals surface area (Å²) < 4.78 is 12.9. The second-order valence-electron chi connectivity index (χ2n) is 5.74. The molecule has 3 rings (SSSR count). The van der Waals surface area contributed by atoms with Crippen molar-refractivity contribution in [2.45, 2.75) is 20.0 Å². The number of benzene rings is 1. The van der Waals surface area contributed by atoms with Gasteiger partial charge >= 0.3 is 0 Å². The van der Waals surface area contributed by atoms with Crippen LogP contribution >= 0.6 is 0 Å². The molecule has 132 valence electrons. The summed E-state index contributed by atoms with van der Waals surface area (Å²) in [5.41, 5.74) is 2.80. The molecule has 1 amide bonds. The van der Waals surface area contributed by atoms with Crippen molar-refractivity contribution in [1.82, 2.24) is 20.3 Å². The van der Waals surface area contributed by atoms with Crippen molar-refractivity contribution in [3.8, 4) is 0 Å². The zero-order valence-electron chi connectivity index (χ0n) is 14.2. The first-order chi connectivity index (χ1) is 12.6. The number of nitrogens with one attached hydrogen (secondary N) is 2. The number of amides is 1. The molecule has 6 nitrogen and oxygen atoms in total. The van der Waals surface area contributed by atoms with Crippen molar-refractivity contribution in [1.29, 1.82) is 0 Å². The summed E-state index contributed by atoms with van der Waals surface area (Å²) in [4.78, 5) is 24.8. The van der Waals surface area contributed by atoms with Gasteiger partial charge < -0.3 is 10.6 Å². The SMILES string of the molecule is Cc1cc(C(=O)NCc2ccncc2)nc(NCc2ccc(F)cc2)n1. The fourth-order valence-electron chi connectivity index (χ4n) is 2.32. The van der Waals surface area contributed by atoms with Gasteiger partial charge in [0.1, 0.15) is 11.5 Å². The normalized spacial score (nSPS) is 10.4. The van der Waals surface area contributed by atoms with Gasteiger partial charge in [-0.05, 0) is 48.4 Å². The molecule has 0 aliphatic carbocycles. The Balaban J connectivity index is 1.64. The summed E-state index contributed by atoms with van der Waals surface area (Å²) in [5.74, 6) is -0.214. The zero-order valence-corrected chi connectivity index (χ0v) is 14.2. The number of hydrogen-bond acceptors (Lipinski definition) is 5. The van der Waals surface area contributed by atoms with Gasteiger partial charge in [0.25, 0.3) is 5.91 Å². The summed E-state index contributed by atoms with van der Waals surface area (Å²) in [6.45, 7) is 2.62. The molecule has 0 spiro atoms. The van der Waals surface area contributed by atoms with Crippen LogP contribution in [0.15, 0.2) is 54.9 Å². The first-order valence-corrected chi connectivity index (χ1v) is 8.11. The van der Waals surface area contributed by atoms with E-state index >= 15 is 0 Å². The van der Waals surface area contributed by atoms with Crippen molar-refractivity contribution in [2.75, 3.05) is 5.32 Å². The number of halogens is 1. The van der Waals surface area contributed by atoms with Crippen LogP contribution in [0.1, 0.15) is 27.3 Å². The van der Waals surface area contributed by atoms with Crippen LogP contribution in [-0.2, 0) is 13.1 Å². The molecule has 1 aromatic carbocycles. The Morgan fingerprint density at radius 1 is 1.00 bits per heavy atom. The van der Waals surface area contributed by atoms with Gasteiger partial charge in [-0.3, -0.25) is 9.78 Å². The monoisotopic (exact) mass is 351 g/mol. The van der Waals surface area contributed by atoms with E-state index < -0.39 is 0 Å². The molecule has 0 bridgehead atoms. The maximum absolute atomic E-state index is 12.9. The third-order valence-corrected chi connectivity index (χ3v) is 3.65. The lowest BCUT2D eigenvalue weighted by Gasteiger charge is -2.09. The molecular weight excluding hydrogens is 333 g/mol. The smallest absolute Gasteiger partial charge is 0.270 e. The van der Waals surface area contributed by atoms with Gasteiger partial charge in [-0.1, -0.05) is 12.1 Å². The maximum Gasteiger partial charge on any atom is 0.270 e. The third-order valence-electron chi connectivity index (χ3n) is 3.65. The summed E-state index contributed by atoms with van der Waals surface area (Å²) >= 11 is 0. The van der Waals surface area contributed by atoms with Gasteiger partial charge in [0, 0.05) is 31.2 Å². The van der Waals surface area contributed by atoms with Crippen LogP contribution in [0.25, 0.3) is 0 Å². The summed E-state index contributed by atoms with van der Waals surface area (Å²) in [5, 5.41) is 5.88. The zero-order chi connectivity index (χ0) is 18.4. The number of pyridine rings is 1. The summed E-state index contributed by atoms with van der Waals surface area (Å²) in [7, 11) is 0. The second kappa shape index (κ2) is 8.15. The molecule has 0 aliphatic heterocycles. The number of carbonyl (C=O) groups excluding carboxylic acids is 1. The van der Waals surface area contributed by atoms with E-state index in [1.54, 1.807) is 37.5 Å². The van der Waals surface area contributed by atoms with E-state index in [9.17, 15) is 9.18 Å². The number of aromatic nitrogens is 3. The summed E-state index contributed by atoms with van der Waals surface area (Å²) in [6, 6.07) is 11.5. The molecule has 2 N–H and O–H groups in total. The minimum atomic E-state index is -0.284. The molecule has 26 heavy (non-hydrogen) atoms. The summed E-state index contributed by atoms with van der Waals surface area (Å²) in [6.07, 6.45) is 3.35. The van der Waals surface area contributed by atoms with Crippen LogP contribution in [0.5, 0.6) is 0 Å². The Morgan fingerprint density at radius 2 is 1.69 bits per heavy atom. The lowest BCUT2D eigenvalue weighted by atomic mass is 10.2. The lowest BCUT2D eigenvalue weighted by molar-refractivity contribution is 0.0945. The molecule has 0 unspecified atom stereocenters. The molecule has 3 aromatic rings. The van der Waals surface area contributed by atoms with Crippen LogP contribution in [0.3, 0.4) is 0 Å². The molecule has 7 heteroatoms. The molecule has 0 aliphatic rings. The Labute approximate surface area is 150 Å². The highest BCUT2D eigenvalue weighted by Crippen LogP contribution is 2.09. The average Bonchev–Trinajstić information content (AvgIpc) is 2.66. The largest absolute Gasteiger partial charge is 0.350 e. The Bertz CT molecular complexity index is 884. The van der Waals surface area contributed by atoms with Crippen LogP contribution in [0.4, 0.5) is 10.3 Å². The highest BCUT2D eigenvalue weighted by molar-refractivity contribution is 5.92. The van der Waals surface area contributed by atoms with Crippen molar-refractivity contribution in [2.24, 2.45) is 0 Å². The second-order valence-corrected chi connectivity index (χ2v) is 5.74. The molecule has 2 aromatic heterocycles. The minimum Gasteiger partial charge on any atom is -0.350 e. The Kier molecular flexibility index (Phi) is 5.48. The molecule has 2 heterocycles. The van der Waals surface area contributed by atoms with E-state index in [1.807, 2.05) is 12.1 Å². The van der Waals surface area contributed by atoms with Crippen molar-refractivity contribution in [3.63, 3.8) is 0 Å². The highest BCUT2D eigenvalue weighted by Gasteiger charge is 2.10. The number of hydrogen-bond donors (Lipinski definition) is 2. The van der Waals surface area contributed by atoms with Crippen LogP contribution in [-0.4, -0.2) is 20.9 Å². The molecule has 0 saturated carbocycles. The van der Waals surface area contributed by atoms with Gasteiger partial charge in [0.05, 0.1) is 0 Å². The first-order valence-electron chi connectivity index (χ1n) is 8.11. The number of anilines is 1. The van der Waals surface area contributed by atoms with E-state index in [-0.39, 0.29) is 17.4 Å². The van der Waals surface area contributed by atoms with Crippen molar-refractivity contribution >= 4 is 11.9 Å². The molecule has 0 fully saturated rings.